The van der Waals surface area contributed by atoms with Gasteiger partial charge in [-0.3, -0.25) is 4.21 Å². The highest BCUT2D eigenvalue weighted by molar-refractivity contribution is 7.86. The Hall–Kier alpha value is -1.84. The van der Waals surface area contributed by atoms with Crippen LogP contribution in [0.2, 0.25) is 0 Å². The number of rotatable bonds is 9. The van der Waals surface area contributed by atoms with Crippen molar-refractivity contribution < 1.29 is 19.2 Å². The summed E-state index contributed by atoms with van der Waals surface area (Å²) in [5, 5.41) is 20.2. The molecule has 176 valence electrons. The Bertz CT molecular complexity index is 1080. The fourth-order valence-electron chi connectivity index (χ4n) is 4.46. The lowest BCUT2D eigenvalue weighted by molar-refractivity contribution is 0.0626. The largest absolute Gasteiger partial charge is 0.393 e. The second-order valence-corrected chi connectivity index (χ2v) is 11.8. The fourth-order valence-corrected chi connectivity index (χ4v) is 6.69. The zero-order valence-corrected chi connectivity index (χ0v) is 20.1. The molecule has 0 amide bonds. The molecular weight excluding hydrogens is 456 g/mol. The van der Waals surface area contributed by atoms with Crippen molar-refractivity contribution in [1.82, 2.24) is 9.97 Å². The predicted octanol–water partition coefficient (Wildman–Crippen LogP) is 4.38. The van der Waals surface area contributed by atoms with Crippen molar-refractivity contribution in [2.24, 2.45) is 5.92 Å². The molecule has 0 bridgehead atoms. The van der Waals surface area contributed by atoms with Gasteiger partial charge in [-0.15, -0.1) is 11.3 Å². The van der Waals surface area contributed by atoms with E-state index >= 15 is 0 Å². The first kappa shape index (κ1) is 22.9. The highest BCUT2D eigenvalue weighted by atomic mass is 32.2. The van der Waals surface area contributed by atoms with Crippen LogP contribution in [-0.2, 0) is 15.5 Å². The number of nitrogens with one attached hydrogen (secondary N) is 1. The van der Waals surface area contributed by atoms with Crippen molar-refractivity contribution in [2.75, 3.05) is 19.8 Å². The molecule has 2 aromatic heterocycles. The van der Waals surface area contributed by atoms with E-state index in [9.17, 15) is 14.4 Å². The topological polar surface area (TPSA) is 95.4 Å². The van der Waals surface area contributed by atoms with E-state index in [4.69, 9.17) is 4.74 Å². The molecule has 1 aromatic carbocycles. The van der Waals surface area contributed by atoms with Crippen LogP contribution >= 0.6 is 11.3 Å². The third-order valence-corrected chi connectivity index (χ3v) is 9.54. The van der Waals surface area contributed by atoms with Crippen LogP contribution in [-0.4, -0.2) is 49.5 Å². The molecule has 33 heavy (non-hydrogen) atoms. The molecule has 1 saturated carbocycles. The first-order valence-corrected chi connectivity index (χ1v) is 13.7. The molecule has 0 spiro atoms. The monoisotopic (exact) mass is 486 g/mol. The highest BCUT2D eigenvalue weighted by Gasteiger charge is 2.30. The summed E-state index contributed by atoms with van der Waals surface area (Å²) in [7, 11) is -0.889. The van der Waals surface area contributed by atoms with E-state index in [-0.39, 0.29) is 12.5 Å². The molecule has 2 fully saturated rings. The Kier molecular flexibility index (Phi) is 7.08. The van der Waals surface area contributed by atoms with Gasteiger partial charge in [-0.05, 0) is 67.9 Å². The molecular formula is C25H30N2O4S2. The smallest absolute Gasteiger partial charge is 0.139 e. The van der Waals surface area contributed by atoms with Gasteiger partial charge in [-0.2, -0.15) is 0 Å². The molecule has 3 heterocycles. The molecule has 6 nitrogen and oxygen atoms in total. The molecule has 3 unspecified atom stereocenters. The molecule has 5 rings (SSSR count). The molecule has 0 radical (unpaired) electrons. The predicted molar refractivity (Wildman–Crippen MR) is 130 cm³/mol. The van der Waals surface area contributed by atoms with Gasteiger partial charge in [0, 0.05) is 41.2 Å². The number of thiazole rings is 1. The number of aromatic nitrogens is 2. The van der Waals surface area contributed by atoms with E-state index in [1.807, 2.05) is 18.2 Å². The molecule has 3 N–H and O–H groups in total. The van der Waals surface area contributed by atoms with Crippen LogP contribution in [0.3, 0.4) is 0 Å². The Morgan fingerprint density at radius 3 is 2.58 bits per heavy atom. The average Bonchev–Trinajstić information content (AvgIpc) is 3.38. The normalized spacial score (nSPS) is 19.9. The number of aliphatic hydroxyl groups excluding tert-OH is 2. The number of hydrogen-bond donors (Lipinski definition) is 3. The van der Waals surface area contributed by atoms with E-state index in [0.717, 1.165) is 66.6 Å². The molecule has 8 heteroatoms. The average molecular weight is 487 g/mol. The number of ether oxygens (including phenoxy) is 1. The third kappa shape index (κ3) is 5.30. The molecule has 3 atom stereocenters. The fraction of sp³-hybridized carbons (Fsp3) is 0.480. The lowest BCUT2D eigenvalue weighted by atomic mass is 9.83. The number of aromatic amines is 1. The Morgan fingerprint density at radius 1 is 1.12 bits per heavy atom. The van der Waals surface area contributed by atoms with Crippen LogP contribution in [0.4, 0.5) is 0 Å². The van der Waals surface area contributed by atoms with E-state index in [0.29, 0.717) is 16.0 Å². The maximum Gasteiger partial charge on any atom is 0.139 e. The first-order valence-electron chi connectivity index (χ1n) is 11.6. The summed E-state index contributed by atoms with van der Waals surface area (Å²) in [6, 6.07) is 12.5. The van der Waals surface area contributed by atoms with Gasteiger partial charge in [0.2, 0.25) is 0 Å². The zero-order valence-electron chi connectivity index (χ0n) is 18.5. The van der Waals surface area contributed by atoms with E-state index < -0.39 is 16.9 Å². The molecule has 2 aliphatic rings. The second kappa shape index (κ2) is 10.2. The quantitative estimate of drug-likeness (QED) is 0.417. The summed E-state index contributed by atoms with van der Waals surface area (Å²) in [6.45, 7) is 1.33. The van der Waals surface area contributed by atoms with Gasteiger partial charge in [0.05, 0.1) is 28.0 Å². The number of benzene rings is 1. The van der Waals surface area contributed by atoms with Crippen LogP contribution in [0.15, 0.2) is 47.5 Å². The summed E-state index contributed by atoms with van der Waals surface area (Å²) in [5.41, 5.74) is 3.27. The van der Waals surface area contributed by atoms with Crippen LogP contribution in [0.25, 0.3) is 10.7 Å². The second-order valence-electron chi connectivity index (χ2n) is 9.00. The van der Waals surface area contributed by atoms with E-state index in [1.54, 1.807) is 6.20 Å². The number of H-pyrrole nitrogens is 1. The van der Waals surface area contributed by atoms with Crippen LogP contribution in [0, 0.1) is 5.92 Å². The number of aliphatic hydroxyl groups is 2. The molecule has 1 aliphatic carbocycles. The zero-order chi connectivity index (χ0) is 22.8. The number of nitrogens with zero attached hydrogens (tertiary/aromatic N) is 1. The maximum atomic E-state index is 12.6. The van der Waals surface area contributed by atoms with E-state index in [2.05, 4.69) is 28.2 Å². The molecule has 3 aromatic rings. The van der Waals surface area contributed by atoms with Crippen LogP contribution < -0.4 is 0 Å². The Labute approximate surface area is 200 Å². The van der Waals surface area contributed by atoms with Crippen molar-refractivity contribution in [3.63, 3.8) is 0 Å². The van der Waals surface area contributed by atoms with Gasteiger partial charge in [-0.1, -0.05) is 12.1 Å². The Morgan fingerprint density at radius 2 is 1.88 bits per heavy atom. The van der Waals surface area contributed by atoms with Crippen molar-refractivity contribution >= 4 is 22.1 Å². The summed E-state index contributed by atoms with van der Waals surface area (Å²) in [6.07, 6.45) is 6.04. The minimum atomic E-state index is -0.897. The van der Waals surface area contributed by atoms with Gasteiger partial charge in [0.15, 0.2) is 0 Å². The van der Waals surface area contributed by atoms with Crippen molar-refractivity contribution in [2.45, 2.75) is 54.3 Å². The van der Waals surface area contributed by atoms with Crippen molar-refractivity contribution in [3.05, 3.63) is 58.7 Å². The van der Waals surface area contributed by atoms with Gasteiger partial charge >= 0.3 is 0 Å². The Balaban J connectivity index is 1.40. The van der Waals surface area contributed by atoms with E-state index in [1.165, 1.54) is 16.9 Å². The SMILES string of the molecule is O=S(c1ccc(C(CC2CCOCC2)c2ccc(-c3ncc(C(O)CO)s3)[nH]2)cc1)C1CC1. The van der Waals surface area contributed by atoms with Crippen LogP contribution in [0.1, 0.15) is 60.3 Å². The highest BCUT2D eigenvalue weighted by Crippen LogP contribution is 2.37. The third-order valence-electron chi connectivity index (χ3n) is 6.59. The van der Waals surface area contributed by atoms with Gasteiger partial charge in [0.25, 0.3) is 0 Å². The lowest BCUT2D eigenvalue weighted by Crippen LogP contribution is -2.18. The lowest BCUT2D eigenvalue weighted by Gasteiger charge is -2.27. The standard InChI is InChI=1S/C25H30N2O4S2/c28-15-23(29)24-14-26-25(32-24)22-8-7-21(27-22)20(13-16-9-11-31-12-10-16)17-1-3-18(4-2-17)33(30)19-5-6-19/h1-4,7-8,14,16,19-20,23,27-29H,5-6,9-13,15H2. The summed E-state index contributed by atoms with van der Waals surface area (Å²) < 4.78 is 18.1. The number of hydrogen-bond acceptors (Lipinski definition) is 6. The van der Waals surface area contributed by atoms with Gasteiger partial charge in [-0.25, -0.2) is 4.98 Å². The van der Waals surface area contributed by atoms with Crippen molar-refractivity contribution in [3.8, 4) is 10.7 Å². The van der Waals surface area contributed by atoms with Crippen molar-refractivity contribution in [1.29, 1.82) is 0 Å². The maximum absolute atomic E-state index is 12.6. The summed E-state index contributed by atoms with van der Waals surface area (Å²) in [5.74, 6) is 0.801. The molecule has 1 aliphatic heterocycles. The summed E-state index contributed by atoms with van der Waals surface area (Å²) >= 11 is 1.39. The molecule has 1 saturated heterocycles. The van der Waals surface area contributed by atoms with Crippen LogP contribution in [0.5, 0.6) is 0 Å². The van der Waals surface area contributed by atoms with Gasteiger partial charge in [0.1, 0.15) is 11.1 Å². The summed E-state index contributed by atoms with van der Waals surface area (Å²) in [4.78, 5) is 9.58. The minimum absolute atomic E-state index is 0.202. The van der Waals surface area contributed by atoms with Gasteiger partial charge < -0.3 is 19.9 Å². The minimum Gasteiger partial charge on any atom is -0.393 e. The first-order chi connectivity index (χ1) is 16.1.